The molecule has 1 aromatic heterocycles. The van der Waals surface area contributed by atoms with Crippen LogP contribution in [0.1, 0.15) is 0 Å². The Kier molecular flexibility index (Phi) is 2.52. The van der Waals surface area contributed by atoms with Crippen LogP contribution in [0, 0.1) is 17.5 Å². The van der Waals surface area contributed by atoms with Gasteiger partial charge >= 0.3 is 0 Å². The first kappa shape index (κ1) is 10.5. The first-order valence-electron chi connectivity index (χ1n) is 4.38. The number of rotatable bonds is 1. The molecule has 0 radical (unpaired) electrons. The first-order chi connectivity index (χ1) is 7.59. The van der Waals surface area contributed by atoms with Crippen molar-refractivity contribution in [3.05, 3.63) is 47.9 Å². The molecule has 0 bridgehead atoms. The smallest absolute Gasteiger partial charge is 0.161 e. The molecular formula is C11H6F3NO. The lowest BCUT2D eigenvalue weighted by Crippen LogP contribution is -1.93. The predicted molar refractivity (Wildman–Crippen MR) is 51.2 cm³/mol. The van der Waals surface area contributed by atoms with Crippen molar-refractivity contribution in [3.63, 3.8) is 0 Å². The van der Waals surface area contributed by atoms with Crippen LogP contribution in [0.2, 0.25) is 0 Å². The zero-order chi connectivity index (χ0) is 11.7. The average molecular weight is 225 g/mol. The van der Waals surface area contributed by atoms with Crippen LogP contribution in [0.4, 0.5) is 13.2 Å². The molecule has 0 amide bonds. The van der Waals surface area contributed by atoms with E-state index in [4.69, 9.17) is 0 Å². The fraction of sp³-hybridized carbons (Fsp3) is 0. The molecule has 0 fully saturated rings. The van der Waals surface area contributed by atoms with Gasteiger partial charge in [0.05, 0.1) is 0 Å². The largest absolute Gasteiger partial charge is 0.506 e. The molecule has 0 aliphatic carbocycles. The van der Waals surface area contributed by atoms with Crippen LogP contribution >= 0.6 is 0 Å². The molecule has 0 saturated heterocycles. The molecule has 5 heteroatoms. The molecule has 1 aromatic carbocycles. The molecule has 82 valence electrons. The maximum Gasteiger partial charge on any atom is 0.161 e. The number of hydrogen-bond acceptors (Lipinski definition) is 2. The second kappa shape index (κ2) is 3.84. The summed E-state index contributed by atoms with van der Waals surface area (Å²) in [6, 6.07) is 3.80. The van der Waals surface area contributed by atoms with Gasteiger partial charge in [0.1, 0.15) is 17.3 Å². The predicted octanol–water partition coefficient (Wildman–Crippen LogP) is 2.87. The lowest BCUT2D eigenvalue weighted by atomic mass is 10.1. The molecule has 1 N–H and O–H groups in total. The van der Waals surface area contributed by atoms with Crippen molar-refractivity contribution in [3.8, 4) is 17.0 Å². The molecule has 1 heterocycles. The number of benzene rings is 1. The Balaban J connectivity index is 2.65. The SMILES string of the molecule is Oc1cccnc1-c1cc(F)c(F)cc1F. The van der Waals surface area contributed by atoms with Crippen LogP contribution in [-0.2, 0) is 0 Å². The third kappa shape index (κ3) is 1.71. The van der Waals surface area contributed by atoms with Gasteiger partial charge in [-0.15, -0.1) is 0 Å². The van der Waals surface area contributed by atoms with E-state index in [0.29, 0.717) is 12.1 Å². The van der Waals surface area contributed by atoms with Crippen molar-refractivity contribution in [1.29, 1.82) is 0 Å². The molecule has 0 unspecified atom stereocenters. The van der Waals surface area contributed by atoms with E-state index < -0.39 is 17.5 Å². The topological polar surface area (TPSA) is 33.1 Å². The Hall–Kier alpha value is -2.04. The van der Waals surface area contributed by atoms with Crippen LogP contribution < -0.4 is 0 Å². The number of hydrogen-bond donors (Lipinski definition) is 1. The molecule has 2 rings (SSSR count). The summed E-state index contributed by atoms with van der Waals surface area (Å²) in [7, 11) is 0. The monoisotopic (exact) mass is 225 g/mol. The van der Waals surface area contributed by atoms with Crippen LogP contribution in [0.15, 0.2) is 30.5 Å². The number of aromatic nitrogens is 1. The second-order valence-corrected chi connectivity index (χ2v) is 3.12. The first-order valence-corrected chi connectivity index (χ1v) is 4.38. The van der Waals surface area contributed by atoms with Gasteiger partial charge in [0.15, 0.2) is 11.6 Å². The van der Waals surface area contributed by atoms with Crippen LogP contribution in [0.5, 0.6) is 5.75 Å². The lowest BCUT2D eigenvalue weighted by Gasteiger charge is -2.05. The van der Waals surface area contributed by atoms with Crippen molar-refractivity contribution < 1.29 is 18.3 Å². The van der Waals surface area contributed by atoms with E-state index in [0.717, 1.165) is 0 Å². The van der Waals surface area contributed by atoms with Gasteiger partial charge in [-0.05, 0) is 18.2 Å². The molecule has 0 aliphatic heterocycles. The van der Waals surface area contributed by atoms with E-state index in [1.807, 2.05) is 0 Å². The highest BCUT2D eigenvalue weighted by Gasteiger charge is 2.14. The summed E-state index contributed by atoms with van der Waals surface area (Å²) < 4.78 is 38.9. The Morgan fingerprint density at radius 1 is 1.00 bits per heavy atom. The highest BCUT2D eigenvalue weighted by Crippen LogP contribution is 2.29. The van der Waals surface area contributed by atoms with Crippen molar-refractivity contribution in [1.82, 2.24) is 4.98 Å². The summed E-state index contributed by atoms with van der Waals surface area (Å²) in [5.41, 5.74) is -0.407. The number of aromatic hydroxyl groups is 1. The van der Waals surface area contributed by atoms with Gasteiger partial charge in [-0.25, -0.2) is 13.2 Å². The Morgan fingerprint density at radius 3 is 2.38 bits per heavy atom. The number of halogens is 3. The fourth-order valence-electron chi connectivity index (χ4n) is 1.31. The van der Waals surface area contributed by atoms with Crippen molar-refractivity contribution >= 4 is 0 Å². The molecular weight excluding hydrogens is 219 g/mol. The minimum absolute atomic E-state index is 0.126. The van der Waals surface area contributed by atoms with Crippen molar-refractivity contribution in [2.45, 2.75) is 0 Å². The molecule has 0 aliphatic rings. The van der Waals surface area contributed by atoms with Gasteiger partial charge in [-0.3, -0.25) is 4.98 Å². The summed E-state index contributed by atoms with van der Waals surface area (Å²) >= 11 is 0. The molecule has 2 aromatic rings. The fourth-order valence-corrected chi connectivity index (χ4v) is 1.31. The third-order valence-corrected chi connectivity index (χ3v) is 2.05. The van der Waals surface area contributed by atoms with Gasteiger partial charge in [-0.2, -0.15) is 0 Å². The molecule has 0 atom stereocenters. The highest BCUT2D eigenvalue weighted by molar-refractivity contribution is 5.66. The Bertz CT molecular complexity index is 543. The maximum absolute atomic E-state index is 13.3. The Labute approximate surface area is 89.0 Å². The number of pyridine rings is 1. The van der Waals surface area contributed by atoms with Crippen LogP contribution in [0.25, 0.3) is 11.3 Å². The third-order valence-electron chi connectivity index (χ3n) is 2.05. The van der Waals surface area contributed by atoms with Gasteiger partial charge in [0, 0.05) is 17.8 Å². The normalized spacial score (nSPS) is 10.4. The van der Waals surface area contributed by atoms with E-state index in [1.54, 1.807) is 0 Å². The lowest BCUT2D eigenvalue weighted by molar-refractivity contribution is 0.473. The highest BCUT2D eigenvalue weighted by atomic mass is 19.2. The van der Waals surface area contributed by atoms with Gasteiger partial charge in [0.2, 0.25) is 0 Å². The van der Waals surface area contributed by atoms with Gasteiger partial charge in [-0.1, -0.05) is 0 Å². The van der Waals surface area contributed by atoms with Gasteiger partial charge in [0.25, 0.3) is 0 Å². The van der Waals surface area contributed by atoms with Crippen LogP contribution in [0.3, 0.4) is 0 Å². The summed E-state index contributed by atoms with van der Waals surface area (Å²) in [6.45, 7) is 0. The standard InChI is InChI=1S/C11H6F3NO/c12-7-5-9(14)8(13)4-6(7)11-10(16)2-1-3-15-11/h1-5,16H. The summed E-state index contributed by atoms with van der Waals surface area (Å²) in [6.07, 6.45) is 1.32. The molecule has 16 heavy (non-hydrogen) atoms. The van der Waals surface area contributed by atoms with Crippen molar-refractivity contribution in [2.24, 2.45) is 0 Å². The zero-order valence-electron chi connectivity index (χ0n) is 7.92. The summed E-state index contributed by atoms with van der Waals surface area (Å²) in [4.78, 5) is 3.70. The van der Waals surface area contributed by atoms with E-state index in [9.17, 15) is 18.3 Å². The van der Waals surface area contributed by atoms with E-state index >= 15 is 0 Å². The van der Waals surface area contributed by atoms with Crippen molar-refractivity contribution in [2.75, 3.05) is 0 Å². The number of nitrogens with zero attached hydrogens (tertiary/aromatic N) is 1. The Morgan fingerprint density at radius 2 is 1.69 bits per heavy atom. The zero-order valence-corrected chi connectivity index (χ0v) is 7.92. The summed E-state index contributed by atoms with van der Waals surface area (Å²) in [5, 5.41) is 9.40. The van der Waals surface area contributed by atoms with E-state index in [-0.39, 0.29) is 17.0 Å². The average Bonchev–Trinajstić information content (AvgIpc) is 2.25. The molecule has 0 spiro atoms. The maximum atomic E-state index is 13.3. The summed E-state index contributed by atoms with van der Waals surface area (Å²) in [5.74, 6) is -3.75. The molecule has 0 saturated carbocycles. The van der Waals surface area contributed by atoms with E-state index in [2.05, 4.69) is 4.98 Å². The quantitative estimate of drug-likeness (QED) is 0.757. The minimum atomic E-state index is -1.28. The van der Waals surface area contributed by atoms with E-state index in [1.165, 1.54) is 18.3 Å². The van der Waals surface area contributed by atoms with Crippen LogP contribution in [-0.4, -0.2) is 10.1 Å². The minimum Gasteiger partial charge on any atom is -0.506 e. The second-order valence-electron chi connectivity index (χ2n) is 3.12. The molecule has 2 nitrogen and oxygen atoms in total. The van der Waals surface area contributed by atoms with Gasteiger partial charge < -0.3 is 5.11 Å².